The largest absolute Gasteiger partial charge is 0.469 e. The number of rotatable bonds is 6. The van der Waals surface area contributed by atoms with Gasteiger partial charge in [0.15, 0.2) is 0 Å². The lowest BCUT2D eigenvalue weighted by Gasteiger charge is -2.18. The second-order valence-electron chi connectivity index (χ2n) is 4.30. The molecule has 0 unspecified atom stereocenters. The number of amides is 2. The molecule has 1 fully saturated rings. The van der Waals surface area contributed by atoms with E-state index < -0.39 is 12.1 Å². The van der Waals surface area contributed by atoms with E-state index in [2.05, 4.69) is 10.1 Å². The minimum Gasteiger partial charge on any atom is -0.469 e. The van der Waals surface area contributed by atoms with Crippen LogP contribution in [0.5, 0.6) is 0 Å². The van der Waals surface area contributed by atoms with Crippen molar-refractivity contribution in [3.63, 3.8) is 0 Å². The third-order valence-corrected chi connectivity index (χ3v) is 4.45. The van der Waals surface area contributed by atoms with Gasteiger partial charge in [0, 0.05) is 17.4 Å². The van der Waals surface area contributed by atoms with E-state index in [-0.39, 0.29) is 17.3 Å². The van der Waals surface area contributed by atoms with E-state index >= 15 is 0 Å². The van der Waals surface area contributed by atoms with Crippen molar-refractivity contribution in [2.24, 2.45) is 5.73 Å². The first kappa shape index (κ1) is 15.1. The van der Waals surface area contributed by atoms with E-state index in [9.17, 15) is 14.7 Å². The van der Waals surface area contributed by atoms with Crippen molar-refractivity contribution in [3.8, 4) is 0 Å². The predicted octanol–water partition coefficient (Wildman–Crippen LogP) is 0.233. The van der Waals surface area contributed by atoms with E-state index in [1.54, 1.807) is 11.8 Å². The number of esters is 1. The fourth-order valence-corrected chi connectivity index (χ4v) is 3.42. The highest BCUT2D eigenvalue weighted by Crippen LogP contribution is 2.31. The zero-order valence-corrected chi connectivity index (χ0v) is 11.2. The summed E-state index contributed by atoms with van der Waals surface area (Å²) in [6.45, 7) is 0. The number of methoxy groups -OCH3 is 1. The average molecular weight is 276 g/mol. The van der Waals surface area contributed by atoms with Crippen molar-refractivity contribution in [2.75, 3.05) is 12.9 Å². The molecule has 7 heteroatoms. The van der Waals surface area contributed by atoms with E-state index in [0.29, 0.717) is 12.2 Å². The number of nitrogens with two attached hydrogens (primary N) is 1. The van der Waals surface area contributed by atoms with Gasteiger partial charge >= 0.3 is 12.0 Å². The molecule has 1 heterocycles. The highest BCUT2D eigenvalue weighted by molar-refractivity contribution is 8.00. The smallest absolute Gasteiger partial charge is 0.312 e. The number of carbonyl (C=O) groups excluding carboxylic acids is 2. The molecule has 4 N–H and O–H groups in total. The maximum atomic E-state index is 10.9. The van der Waals surface area contributed by atoms with Crippen molar-refractivity contribution >= 4 is 23.8 Å². The summed E-state index contributed by atoms with van der Waals surface area (Å²) in [4.78, 5) is 21.6. The van der Waals surface area contributed by atoms with Crippen molar-refractivity contribution in [2.45, 2.75) is 43.1 Å². The number of thioether (sulfide) groups is 1. The number of unbranched alkanes of at least 4 members (excludes halogenated alkanes) is 1. The molecule has 18 heavy (non-hydrogen) atoms. The minimum atomic E-state index is -0.606. The first-order valence-electron chi connectivity index (χ1n) is 5.97. The van der Waals surface area contributed by atoms with E-state index in [4.69, 9.17) is 5.73 Å². The fraction of sp³-hybridized carbons (Fsp3) is 0.818. The Bertz CT molecular complexity index is 301. The van der Waals surface area contributed by atoms with Crippen LogP contribution < -0.4 is 11.1 Å². The van der Waals surface area contributed by atoms with E-state index in [1.165, 1.54) is 7.11 Å². The lowest BCUT2D eigenvalue weighted by Crippen LogP contribution is -2.46. The Morgan fingerprint density at radius 1 is 1.50 bits per heavy atom. The van der Waals surface area contributed by atoms with Crippen LogP contribution in [0, 0.1) is 0 Å². The predicted molar refractivity (Wildman–Crippen MR) is 69.2 cm³/mol. The molecule has 0 aromatic carbocycles. The monoisotopic (exact) mass is 276 g/mol. The molecule has 0 aromatic heterocycles. The Morgan fingerprint density at radius 2 is 2.22 bits per heavy atom. The standard InChI is InChI=1S/C11H20N2O4S/c1-17-9(14)5-3-2-4-8-10(15)7(6-18-8)13-11(12)16/h7-8,10,15H,2-6H2,1H3,(H3,12,13,16)/t7-,8+,10+/m1/s1. The van der Waals surface area contributed by atoms with Gasteiger partial charge in [0.25, 0.3) is 0 Å². The number of carbonyl (C=O) groups is 2. The number of primary amides is 1. The molecule has 1 aliphatic rings. The van der Waals surface area contributed by atoms with Crippen molar-refractivity contribution < 1.29 is 19.4 Å². The number of ether oxygens (including phenoxy) is 1. The van der Waals surface area contributed by atoms with Crippen LogP contribution in [0.25, 0.3) is 0 Å². The third kappa shape index (κ3) is 4.73. The molecule has 2 amide bonds. The van der Waals surface area contributed by atoms with Gasteiger partial charge in [0.05, 0.1) is 19.3 Å². The first-order valence-corrected chi connectivity index (χ1v) is 7.02. The molecule has 0 aromatic rings. The molecular weight excluding hydrogens is 256 g/mol. The summed E-state index contributed by atoms with van der Waals surface area (Å²) < 4.78 is 4.55. The van der Waals surface area contributed by atoms with Crippen LogP contribution in [0.3, 0.4) is 0 Å². The third-order valence-electron chi connectivity index (χ3n) is 2.96. The van der Waals surface area contributed by atoms with E-state index in [1.807, 2.05) is 0 Å². The summed E-state index contributed by atoms with van der Waals surface area (Å²) in [5.74, 6) is 0.467. The highest BCUT2D eigenvalue weighted by atomic mass is 32.2. The Balaban J connectivity index is 2.20. The van der Waals surface area contributed by atoms with Gasteiger partial charge in [0.2, 0.25) is 0 Å². The van der Waals surface area contributed by atoms with Crippen LogP contribution in [-0.2, 0) is 9.53 Å². The topological polar surface area (TPSA) is 102 Å². The number of aliphatic hydroxyl groups excluding tert-OH is 1. The van der Waals surface area contributed by atoms with Crippen LogP contribution in [0.1, 0.15) is 25.7 Å². The fourth-order valence-electron chi connectivity index (χ4n) is 1.96. The molecule has 3 atom stereocenters. The molecule has 0 bridgehead atoms. The summed E-state index contributed by atoms with van der Waals surface area (Å²) in [7, 11) is 1.37. The molecule has 0 spiro atoms. The van der Waals surface area contributed by atoms with Crippen LogP contribution in [-0.4, -0.2) is 47.4 Å². The molecule has 0 radical (unpaired) electrons. The number of urea groups is 1. The lowest BCUT2D eigenvalue weighted by molar-refractivity contribution is -0.140. The van der Waals surface area contributed by atoms with Gasteiger partial charge in [-0.2, -0.15) is 11.8 Å². The Morgan fingerprint density at radius 3 is 2.83 bits per heavy atom. The van der Waals surface area contributed by atoms with Crippen LogP contribution >= 0.6 is 11.8 Å². The number of hydrogen-bond donors (Lipinski definition) is 3. The van der Waals surface area contributed by atoms with Gasteiger partial charge in [-0.05, 0) is 12.8 Å². The lowest BCUT2D eigenvalue weighted by atomic mass is 10.0. The second-order valence-corrected chi connectivity index (χ2v) is 5.57. The van der Waals surface area contributed by atoms with Gasteiger partial charge < -0.3 is 20.9 Å². The molecule has 1 rings (SSSR count). The van der Waals surface area contributed by atoms with Gasteiger partial charge in [0.1, 0.15) is 0 Å². The highest BCUT2D eigenvalue weighted by Gasteiger charge is 2.35. The van der Waals surface area contributed by atoms with Gasteiger partial charge in [-0.3, -0.25) is 4.79 Å². The molecule has 1 aliphatic heterocycles. The van der Waals surface area contributed by atoms with E-state index in [0.717, 1.165) is 19.3 Å². The molecule has 6 nitrogen and oxygen atoms in total. The average Bonchev–Trinajstić information content (AvgIpc) is 2.66. The van der Waals surface area contributed by atoms with Gasteiger partial charge in [-0.25, -0.2) is 4.79 Å². The van der Waals surface area contributed by atoms with Crippen LogP contribution in [0.15, 0.2) is 0 Å². The normalized spacial score (nSPS) is 26.9. The summed E-state index contributed by atoms with van der Waals surface area (Å²) in [6.07, 6.45) is 2.27. The number of aliphatic hydroxyl groups is 1. The SMILES string of the molecule is COC(=O)CCCC[C@@H]1SC[C@@H](NC(N)=O)[C@@H]1O. The quantitative estimate of drug-likeness (QED) is 0.476. The zero-order valence-electron chi connectivity index (χ0n) is 10.4. The summed E-state index contributed by atoms with van der Waals surface area (Å²) in [5, 5.41) is 12.6. The summed E-state index contributed by atoms with van der Waals surface area (Å²) >= 11 is 1.63. The Labute approximate surface area is 111 Å². The van der Waals surface area contributed by atoms with Crippen LogP contribution in [0.2, 0.25) is 0 Å². The maximum absolute atomic E-state index is 10.9. The van der Waals surface area contributed by atoms with Gasteiger partial charge in [-0.1, -0.05) is 6.42 Å². The Hall–Kier alpha value is -0.950. The van der Waals surface area contributed by atoms with Crippen molar-refractivity contribution in [1.29, 1.82) is 0 Å². The maximum Gasteiger partial charge on any atom is 0.312 e. The molecule has 1 saturated heterocycles. The minimum absolute atomic E-state index is 0.0968. The van der Waals surface area contributed by atoms with Crippen molar-refractivity contribution in [3.05, 3.63) is 0 Å². The molecule has 104 valence electrons. The summed E-state index contributed by atoms with van der Waals surface area (Å²) in [6, 6.07) is -0.871. The van der Waals surface area contributed by atoms with Crippen LogP contribution in [0.4, 0.5) is 4.79 Å². The molecule has 0 aliphatic carbocycles. The molecular formula is C11H20N2O4S. The number of hydrogen-bond acceptors (Lipinski definition) is 5. The van der Waals surface area contributed by atoms with Gasteiger partial charge in [-0.15, -0.1) is 0 Å². The molecule has 0 saturated carbocycles. The van der Waals surface area contributed by atoms with Crippen molar-refractivity contribution in [1.82, 2.24) is 5.32 Å². The zero-order chi connectivity index (χ0) is 13.5. The Kier molecular flexibility index (Phi) is 6.28. The first-order chi connectivity index (χ1) is 8.54. The second kappa shape index (κ2) is 7.48. The summed E-state index contributed by atoms with van der Waals surface area (Å²) in [5.41, 5.74) is 5.03. The number of nitrogens with one attached hydrogen (secondary N) is 1.